The number of rotatable bonds is 4. The summed E-state index contributed by atoms with van der Waals surface area (Å²) in [6.07, 6.45) is 2.60. The molecule has 6 nitrogen and oxygen atoms in total. The van der Waals surface area contributed by atoms with Gasteiger partial charge in [0.25, 0.3) is 5.91 Å². The molecular weight excluding hydrogens is 292 g/mol. The van der Waals surface area contributed by atoms with E-state index in [4.69, 9.17) is 0 Å². The van der Waals surface area contributed by atoms with Crippen LogP contribution in [0.1, 0.15) is 36.7 Å². The Bertz CT molecular complexity index is 709. The number of amides is 2. The molecule has 0 aliphatic carbocycles. The van der Waals surface area contributed by atoms with Crippen molar-refractivity contribution in [2.45, 2.75) is 26.2 Å². The van der Waals surface area contributed by atoms with E-state index in [-0.39, 0.29) is 17.7 Å². The fourth-order valence-electron chi connectivity index (χ4n) is 3.04. The molecule has 122 valence electrons. The van der Waals surface area contributed by atoms with Gasteiger partial charge in [-0.15, -0.1) is 0 Å². The summed E-state index contributed by atoms with van der Waals surface area (Å²) < 4.78 is 0. The van der Waals surface area contributed by atoms with Crippen LogP contribution in [0.15, 0.2) is 24.3 Å². The number of para-hydroxylation sites is 1. The SMILES string of the molecule is CCCNC(=O)C1CCCN(C(=O)c2n[nH]c3ccccc23)C1. The molecule has 1 aliphatic heterocycles. The van der Waals surface area contributed by atoms with E-state index in [9.17, 15) is 9.59 Å². The van der Waals surface area contributed by atoms with Crippen LogP contribution < -0.4 is 5.32 Å². The Morgan fingerprint density at radius 1 is 1.39 bits per heavy atom. The average Bonchev–Trinajstić information content (AvgIpc) is 3.03. The van der Waals surface area contributed by atoms with Crippen LogP contribution in [0.4, 0.5) is 0 Å². The second-order valence-corrected chi connectivity index (χ2v) is 6.00. The van der Waals surface area contributed by atoms with E-state index >= 15 is 0 Å². The molecular formula is C17H22N4O2. The second-order valence-electron chi connectivity index (χ2n) is 6.00. The third-order valence-corrected chi connectivity index (χ3v) is 4.30. The van der Waals surface area contributed by atoms with Crippen molar-refractivity contribution in [1.29, 1.82) is 0 Å². The fraction of sp³-hybridized carbons (Fsp3) is 0.471. The summed E-state index contributed by atoms with van der Waals surface area (Å²) in [6.45, 7) is 3.86. The predicted octanol–water partition coefficient (Wildman–Crippen LogP) is 1.94. The van der Waals surface area contributed by atoms with Crippen LogP contribution in [-0.4, -0.2) is 46.5 Å². The van der Waals surface area contributed by atoms with Crippen molar-refractivity contribution in [2.24, 2.45) is 5.92 Å². The lowest BCUT2D eigenvalue weighted by atomic mass is 9.96. The standard InChI is InChI=1S/C17H22N4O2/c1-2-9-18-16(22)12-6-5-10-21(11-12)17(23)15-13-7-3-4-8-14(13)19-20-15/h3-4,7-8,12H,2,5-6,9-11H2,1H3,(H,18,22)(H,19,20). The molecule has 1 unspecified atom stereocenters. The monoisotopic (exact) mass is 314 g/mol. The summed E-state index contributed by atoms with van der Waals surface area (Å²) in [4.78, 5) is 26.7. The van der Waals surface area contributed by atoms with Crippen LogP contribution in [0.3, 0.4) is 0 Å². The zero-order valence-corrected chi connectivity index (χ0v) is 13.3. The molecule has 1 saturated heterocycles. The third-order valence-electron chi connectivity index (χ3n) is 4.30. The van der Waals surface area contributed by atoms with Crippen molar-refractivity contribution in [1.82, 2.24) is 20.4 Å². The highest BCUT2D eigenvalue weighted by Crippen LogP contribution is 2.21. The Hall–Kier alpha value is -2.37. The highest BCUT2D eigenvalue weighted by atomic mass is 16.2. The third kappa shape index (κ3) is 3.21. The van der Waals surface area contributed by atoms with Gasteiger partial charge in [-0.3, -0.25) is 14.7 Å². The van der Waals surface area contributed by atoms with Gasteiger partial charge in [0.05, 0.1) is 11.4 Å². The summed E-state index contributed by atoms with van der Waals surface area (Å²) in [5.41, 5.74) is 1.29. The molecule has 2 aromatic rings. The van der Waals surface area contributed by atoms with Crippen molar-refractivity contribution >= 4 is 22.7 Å². The summed E-state index contributed by atoms with van der Waals surface area (Å²) >= 11 is 0. The highest BCUT2D eigenvalue weighted by Gasteiger charge is 2.30. The molecule has 1 aromatic heterocycles. The first-order valence-electron chi connectivity index (χ1n) is 8.20. The first-order chi connectivity index (χ1) is 11.2. The summed E-state index contributed by atoms with van der Waals surface area (Å²) in [5, 5.41) is 10.8. The Balaban J connectivity index is 1.73. The topological polar surface area (TPSA) is 78.1 Å². The van der Waals surface area contributed by atoms with E-state index in [0.29, 0.717) is 25.3 Å². The van der Waals surface area contributed by atoms with E-state index < -0.39 is 0 Å². The quantitative estimate of drug-likeness (QED) is 0.905. The van der Waals surface area contributed by atoms with Crippen LogP contribution >= 0.6 is 0 Å². The van der Waals surface area contributed by atoms with Crippen LogP contribution in [0.2, 0.25) is 0 Å². The number of nitrogens with zero attached hydrogens (tertiary/aromatic N) is 2. The van der Waals surface area contributed by atoms with E-state index in [1.807, 2.05) is 31.2 Å². The number of aromatic nitrogens is 2. The molecule has 6 heteroatoms. The maximum absolute atomic E-state index is 12.8. The van der Waals surface area contributed by atoms with Gasteiger partial charge < -0.3 is 10.2 Å². The van der Waals surface area contributed by atoms with E-state index in [0.717, 1.165) is 30.2 Å². The smallest absolute Gasteiger partial charge is 0.275 e. The molecule has 1 aromatic carbocycles. The molecule has 3 rings (SSSR count). The number of hydrogen-bond acceptors (Lipinski definition) is 3. The largest absolute Gasteiger partial charge is 0.356 e. The van der Waals surface area contributed by atoms with E-state index in [1.165, 1.54) is 0 Å². The number of nitrogens with one attached hydrogen (secondary N) is 2. The molecule has 0 bridgehead atoms. The number of carbonyl (C=O) groups excluding carboxylic acids is 2. The lowest BCUT2D eigenvalue weighted by molar-refractivity contribution is -0.126. The van der Waals surface area contributed by atoms with E-state index in [1.54, 1.807) is 4.90 Å². The molecule has 2 amide bonds. The van der Waals surface area contributed by atoms with Crippen molar-refractivity contribution < 1.29 is 9.59 Å². The number of H-pyrrole nitrogens is 1. The Morgan fingerprint density at radius 2 is 2.22 bits per heavy atom. The van der Waals surface area contributed by atoms with Gasteiger partial charge in [-0.05, 0) is 25.3 Å². The summed E-state index contributed by atoms with van der Waals surface area (Å²) in [7, 11) is 0. The van der Waals surface area contributed by atoms with Crippen molar-refractivity contribution in [3.63, 3.8) is 0 Å². The number of hydrogen-bond donors (Lipinski definition) is 2. The van der Waals surface area contributed by atoms with Gasteiger partial charge >= 0.3 is 0 Å². The first kappa shape index (κ1) is 15.5. The fourth-order valence-corrected chi connectivity index (χ4v) is 3.04. The van der Waals surface area contributed by atoms with Crippen molar-refractivity contribution in [2.75, 3.05) is 19.6 Å². The normalized spacial score (nSPS) is 18.1. The van der Waals surface area contributed by atoms with Crippen molar-refractivity contribution in [3.05, 3.63) is 30.0 Å². The lowest BCUT2D eigenvalue weighted by Gasteiger charge is -2.31. The lowest BCUT2D eigenvalue weighted by Crippen LogP contribution is -2.45. The molecule has 0 saturated carbocycles. The number of likely N-dealkylation sites (tertiary alicyclic amines) is 1. The highest BCUT2D eigenvalue weighted by molar-refractivity contribution is 6.04. The van der Waals surface area contributed by atoms with Gasteiger partial charge in [-0.1, -0.05) is 25.1 Å². The Morgan fingerprint density at radius 3 is 3.04 bits per heavy atom. The summed E-state index contributed by atoms with van der Waals surface area (Å²) in [6, 6.07) is 7.59. The molecule has 0 radical (unpaired) electrons. The maximum Gasteiger partial charge on any atom is 0.275 e. The minimum Gasteiger partial charge on any atom is -0.356 e. The zero-order valence-electron chi connectivity index (χ0n) is 13.3. The molecule has 1 aliphatic rings. The van der Waals surface area contributed by atoms with Crippen molar-refractivity contribution in [3.8, 4) is 0 Å². The Labute approximate surface area is 135 Å². The number of piperidine rings is 1. The van der Waals surface area contributed by atoms with Gasteiger partial charge in [-0.25, -0.2) is 0 Å². The van der Waals surface area contributed by atoms with Gasteiger partial charge in [0.1, 0.15) is 0 Å². The van der Waals surface area contributed by atoms with E-state index in [2.05, 4.69) is 15.5 Å². The van der Waals surface area contributed by atoms with Gasteiger partial charge in [-0.2, -0.15) is 5.10 Å². The first-order valence-corrected chi connectivity index (χ1v) is 8.20. The second kappa shape index (κ2) is 6.81. The minimum atomic E-state index is -0.121. The van der Waals surface area contributed by atoms with Gasteiger partial charge in [0.15, 0.2) is 5.69 Å². The van der Waals surface area contributed by atoms with Crippen LogP contribution in [0.25, 0.3) is 10.9 Å². The molecule has 23 heavy (non-hydrogen) atoms. The number of benzene rings is 1. The molecule has 0 spiro atoms. The molecule has 2 heterocycles. The van der Waals surface area contributed by atoms with Gasteiger partial charge in [0.2, 0.25) is 5.91 Å². The molecule has 2 N–H and O–H groups in total. The number of aromatic amines is 1. The maximum atomic E-state index is 12.8. The van der Waals surface area contributed by atoms with Gasteiger partial charge in [0, 0.05) is 25.0 Å². The zero-order chi connectivity index (χ0) is 16.2. The molecule has 1 fully saturated rings. The number of fused-ring (bicyclic) bond motifs is 1. The minimum absolute atomic E-state index is 0.0521. The average molecular weight is 314 g/mol. The predicted molar refractivity (Wildman–Crippen MR) is 88.0 cm³/mol. The van der Waals surface area contributed by atoms with Crippen LogP contribution in [0.5, 0.6) is 0 Å². The molecule has 1 atom stereocenters. The number of carbonyl (C=O) groups is 2. The Kier molecular flexibility index (Phi) is 4.60. The summed E-state index contributed by atoms with van der Waals surface area (Å²) in [5.74, 6) is -0.170. The van der Waals surface area contributed by atoms with Crippen LogP contribution in [0, 0.1) is 5.92 Å². The van der Waals surface area contributed by atoms with Crippen LogP contribution in [-0.2, 0) is 4.79 Å².